The first-order chi connectivity index (χ1) is 11.9. The first-order valence-corrected chi connectivity index (χ1v) is 9.51. The van der Waals surface area contributed by atoms with Gasteiger partial charge in [-0.1, -0.05) is 24.3 Å². The molecule has 0 aromatic heterocycles. The van der Waals surface area contributed by atoms with Gasteiger partial charge in [0.2, 0.25) is 10.0 Å². The fraction of sp³-hybridized carbons (Fsp3) is 0.333. The highest BCUT2D eigenvalue weighted by molar-refractivity contribution is 7.89. The Morgan fingerprint density at radius 2 is 2.00 bits per heavy atom. The summed E-state index contributed by atoms with van der Waals surface area (Å²) in [6.07, 6.45) is 0. The van der Waals surface area contributed by atoms with Crippen LogP contribution in [0.2, 0.25) is 0 Å². The zero-order chi connectivity index (χ0) is 18.0. The monoisotopic (exact) mass is 364 g/mol. The number of nitrogens with one attached hydrogen (secondary N) is 1. The van der Waals surface area contributed by atoms with Gasteiger partial charge in [-0.3, -0.25) is 0 Å². The van der Waals surface area contributed by atoms with Gasteiger partial charge in [0.1, 0.15) is 11.6 Å². The van der Waals surface area contributed by atoms with Gasteiger partial charge in [0, 0.05) is 25.2 Å². The molecule has 1 fully saturated rings. The van der Waals surface area contributed by atoms with E-state index in [0.29, 0.717) is 30.9 Å². The van der Waals surface area contributed by atoms with Crippen LogP contribution in [0.15, 0.2) is 47.4 Å². The van der Waals surface area contributed by atoms with Gasteiger partial charge < -0.3 is 10.1 Å². The van der Waals surface area contributed by atoms with E-state index in [0.717, 1.165) is 11.6 Å². The van der Waals surface area contributed by atoms with Crippen LogP contribution in [-0.4, -0.2) is 39.5 Å². The Hall–Kier alpha value is -1.96. The van der Waals surface area contributed by atoms with Crippen LogP contribution in [0.4, 0.5) is 4.39 Å². The topological polar surface area (TPSA) is 58.6 Å². The molecular formula is C18H21FN2O3S. The summed E-state index contributed by atoms with van der Waals surface area (Å²) in [5, 5.41) is 3.22. The lowest BCUT2D eigenvalue weighted by atomic mass is 10.0. The minimum Gasteiger partial charge on any atom is -0.496 e. The first kappa shape index (κ1) is 17.8. The molecule has 0 amide bonds. The molecule has 1 aliphatic rings. The summed E-state index contributed by atoms with van der Waals surface area (Å²) in [6.45, 7) is 2.92. The molecule has 3 rings (SSSR count). The number of rotatable bonds is 4. The van der Waals surface area contributed by atoms with Crippen LogP contribution >= 0.6 is 0 Å². The predicted molar refractivity (Wildman–Crippen MR) is 93.6 cm³/mol. The van der Waals surface area contributed by atoms with Crippen molar-refractivity contribution in [1.82, 2.24) is 9.62 Å². The summed E-state index contributed by atoms with van der Waals surface area (Å²) in [7, 11) is -2.27. The van der Waals surface area contributed by atoms with E-state index in [2.05, 4.69) is 5.32 Å². The third-order valence-electron chi connectivity index (χ3n) is 4.44. The molecule has 2 aromatic carbocycles. The van der Waals surface area contributed by atoms with E-state index >= 15 is 0 Å². The second-order valence-electron chi connectivity index (χ2n) is 5.99. The van der Waals surface area contributed by atoms with Gasteiger partial charge in [-0.05, 0) is 30.7 Å². The Labute approximate surface area is 147 Å². The summed E-state index contributed by atoms with van der Waals surface area (Å²) in [5.74, 6) is 0.108. The molecule has 1 aliphatic heterocycles. The summed E-state index contributed by atoms with van der Waals surface area (Å²) in [4.78, 5) is -0.0302. The molecule has 0 bridgehead atoms. The van der Waals surface area contributed by atoms with Crippen LogP contribution in [0, 0.1) is 12.7 Å². The lowest BCUT2D eigenvalue weighted by molar-refractivity contribution is 0.264. The highest BCUT2D eigenvalue weighted by Gasteiger charge is 2.35. The number of hydrogen-bond acceptors (Lipinski definition) is 4. The predicted octanol–water partition coefficient (Wildman–Crippen LogP) is 2.48. The summed E-state index contributed by atoms with van der Waals surface area (Å²) < 4.78 is 47.0. The van der Waals surface area contributed by atoms with Crippen molar-refractivity contribution in [2.45, 2.75) is 17.9 Å². The Bertz CT molecular complexity index is 870. The standard InChI is InChI=1S/C18H21FN2O3S/c1-13-7-8-14(11-16(13)19)25(22,23)21-10-9-20-12-17(21)15-5-3-4-6-18(15)24-2/h3-8,11,17,20H,9-10,12H2,1-2H3. The first-order valence-electron chi connectivity index (χ1n) is 8.07. The maximum absolute atomic E-state index is 13.9. The highest BCUT2D eigenvalue weighted by Crippen LogP contribution is 2.34. The third kappa shape index (κ3) is 3.40. The van der Waals surface area contributed by atoms with Crippen molar-refractivity contribution >= 4 is 10.0 Å². The van der Waals surface area contributed by atoms with E-state index in [9.17, 15) is 12.8 Å². The molecular weight excluding hydrogens is 343 g/mol. The van der Waals surface area contributed by atoms with Crippen molar-refractivity contribution in [1.29, 1.82) is 0 Å². The maximum Gasteiger partial charge on any atom is 0.243 e. The second kappa shape index (κ2) is 7.11. The molecule has 134 valence electrons. The zero-order valence-corrected chi connectivity index (χ0v) is 15.0. The van der Waals surface area contributed by atoms with Crippen molar-refractivity contribution in [3.8, 4) is 5.75 Å². The fourth-order valence-corrected chi connectivity index (χ4v) is 4.67. The number of aryl methyl sites for hydroxylation is 1. The molecule has 1 unspecified atom stereocenters. The molecule has 2 aromatic rings. The minimum absolute atomic E-state index is 0.0302. The Balaban J connectivity index is 2.04. The van der Waals surface area contributed by atoms with E-state index in [-0.39, 0.29) is 4.90 Å². The average molecular weight is 364 g/mol. The van der Waals surface area contributed by atoms with E-state index in [1.54, 1.807) is 20.1 Å². The molecule has 1 heterocycles. The zero-order valence-electron chi connectivity index (χ0n) is 14.2. The number of hydrogen-bond donors (Lipinski definition) is 1. The third-order valence-corrected chi connectivity index (χ3v) is 6.35. The lowest BCUT2D eigenvalue weighted by Gasteiger charge is -2.36. The Kier molecular flexibility index (Phi) is 5.08. The molecule has 7 heteroatoms. The number of halogens is 1. The minimum atomic E-state index is -3.83. The summed E-state index contributed by atoms with van der Waals surface area (Å²) in [5.41, 5.74) is 1.20. The van der Waals surface area contributed by atoms with Crippen LogP contribution in [0.25, 0.3) is 0 Å². The molecule has 0 spiro atoms. The quantitative estimate of drug-likeness (QED) is 0.906. The van der Waals surface area contributed by atoms with Crippen molar-refractivity contribution in [3.05, 3.63) is 59.4 Å². The van der Waals surface area contributed by atoms with Crippen LogP contribution in [0.1, 0.15) is 17.2 Å². The van der Waals surface area contributed by atoms with Crippen molar-refractivity contribution in [2.75, 3.05) is 26.7 Å². The number of nitrogens with zero attached hydrogens (tertiary/aromatic N) is 1. The number of methoxy groups -OCH3 is 1. The molecule has 0 aliphatic carbocycles. The van der Waals surface area contributed by atoms with Crippen LogP contribution in [0.3, 0.4) is 0 Å². The Morgan fingerprint density at radius 3 is 2.72 bits per heavy atom. The SMILES string of the molecule is COc1ccccc1C1CNCCN1S(=O)(=O)c1ccc(C)c(F)c1. The van der Waals surface area contributed by atoms with Gasteiger partial charge in [-0.15, -0.1) is 0 Å². The number of sulfonamides is 1. The molecule has 5 nitrogen and oxygen atoms in total. The van der Waals surface area contributed by atoms with E-state index in [1.807, 2.05) is 18.2 Å². The molecule has 0 saturated carbocycles. The maximum atomic E-state index is 13.9. The van der Waals surface area contributed by atoms with Gasteiger partial charge in [0.25, 0.3) is 0 Å². The van der Waals surface area contributed by atoms with Crippen LogP contribution in [-0.2, 0) is 10.0 Å². The van der Waals surface area contributed by atoms with Crippen LogP contribution < -0.4 is 10.1 Å². The van der Waals surface area contributed by atoms with Gasteiger partial charge in [0.15, 0.2) is 0 Å². The fourth-order valence-electron chi connectivity index (χ4n) is 3.05. The summed E-state index contributed by atoms with van der Waals surface area (Å²) >= 11 is 0. The van der Waals surface area contributed by atoms with E-state index < -0.39 is 21.9 Å². The van der Waals surface area contributed by atoms with E-state index in [1.165, 1.54) is 16.4 Å². The number of benzene rings is 2. The van der Waals surface area contributed by atoms with Gasteiger partial charge in [-0.25, -0.2) is 12.8 Å². The molecule has 0 radical (unpaired) electrons. The van der Waals surface area contributed by atoms with Gasteiger partial charge >= 0.3 is 0 Å². The van der Waals surface area contributed by atoms with Gasteiger partial charge in [0.05, 0.1) is 18.0 Å². The van der Waals surface area contributed by atoms with E-state index in [4.69, 9.17) is 4.74 Å². The number of ether oxygens (including phenoxy) is 1. The lowest BCUT2D eigenvalue weighted by Crippen LogP contribution is -2.48. The van der Waals surface area contributed by atoms with Crippen molar-refractivity contribution < 1.29 is 17.5 Å². The smallest absolute Gasteiger partial charge is 0.243 e. The van der Waals surface area contributed by atoms with Crippen molar-refractivity contribution in [3.63, 3.8) is 0 Å². The largest absolute Gasteiger partial charge is 0.496 e. The Morgan fingerprint density at radius 1 is 1.24 bits per heavy atom. The summed E-state index contributed by atoms with van der Waals surface area (Å²) in [6, 6.07) is 11.0. The van der Waals surface area contributed by atoms with Crippen molar-refractivity contribution in [2.24, 2.45) is 0 Å². The normalized spacial score (nSPS) is 18.9. The van der Waals surface area contributed by atoms with Gasteiger partial charge in [-0.2, -0.15) is 4.31 Å². The van der Waals surface area contributed by atoms with Crippen LogP contribution in [0.5, 0.6) is 5.75 Å². The molecule has 1 N–H and O–H groups in total. The number of piperazine rings is 1. The molecule has 1 saturated heterocycles. The molecule has 25 heavy (non-hydrogen) atoms. The average Bonchev–Trinajstić information content (AvgIpc) is 2.63. The molecule has 1 atom stereocenters. The second-order valence-corrected chi connectivity index (χ2v) is 7.88. The highest BCUT2D eigenvalue weighted by atomic mass is 32.2. The number of para-hydroxylation sites is 1.